The molecule has 4 heterocycles. The van der Waals surface area contributed by atoms with Crippen molar-refractivity contribution in [3.63, 3.8) is 0 Å². The molecule has 3 N–H and O–H groups in total. The molecule has 0 aliphatic heterocycles. The lowest BCUT2D eigenvalue weighted by Gasteiger charge is -2.09. The van der Waals surface area contributed by atoms with Gasteiger partial charge in [0.1, 0.15) is 5.82 Å². The summed E-state index contributed by atoms with van der Waals surface area (Å²) >= 11 is 0. The Kier molecular flexibility index (Phi) is 7.02. The first-order valence-corrected chi connectivity index (χ1v) is 10.8. The molecule has 4 aromatic rings. The fourth-order valence-electron chi connectivity index (χ4n) is 3.23. The summed E-state index contributed by atoms with van der Waals surface area (Å²) in [6, 6.07) is 13.2. The first-order valence-electron chi connectivity index (χ1n) is 10.8. The van der Waals surface area contributed by atoms with E-state index in [2.05, 4.69) is 44.3 Å². The van der Waals surface area contributed by atoms with Crippen LogP contribution >= 0.6 is 0 Å². The summed E-state index contributed by atoms with van der Waals surface area (Å²) in [6.45, 7) is 4.63. The maximum atomic E-state index is 5.88. The van der Waals surface area contributed by atoms with Crippen molar-refractivity contribution in [2.45, 2.75) is 26.3 Å². The number of hydrogen-bond acceptors (Lipinski definition) is 9. The van der Waals surface area contributed by atoms with E-state index in [0.29, 0.717) is 30.0 Å². The standard InChI is InChI=1S/C25H26N8O/c1-16(2)17-10-24(33-29-14-17)32-23-8-7-21-22(31-23)9-18(13-28-21)19(11-26)12-27-15-20-5-4-6-25(30-20)34-3/h4-14,16H,15,26H2,1-3H3,(H,31,32,33). The molecule has 34 heavy (non-hydrogen) atoms. The van der Waals surface area contributed by atoms with E-state index in [-0.39, 0.29) is 0 Å². The van der Waals surface area contributed by atoms with E-state index >= 15 is 0 Å². The third kappa shape index (κ3) is 5.50. The summed E-state index contributed by atoms with van der Waals surface area (Å²) in [7, 11) is 1.59. The highest BCUT2D eigenvalue weighted by atomic mass is 16.5. The minimum absolute atomic E-state index is 0.357. The molecule has 0 amide bonds. The Hall–Kier alpha value is -4.40. The Bertz CT molecular complexity index is 1350. The number of nitrogens with two attached hydrogens (primary N) is 1. The molecule has 9 heteroatoms. The lowest BCUT2D eigenvalue weighted by Crippen LogP contribution is -2.00. The number of ether oxygens (including phenoxy) is 1. The van der Waals surface area contributed by atoms with Gasteiger partial charge in [-0.25, -0.2) is 9.97 Å². The van der Waals surface area contributed by atoms with Crippen LogP contribution in [0, 0.1) is 0 Å². The van der Waals surface area contributed by atoms with Crippen LogP contribution in [0.3, 0.4) is 0 Å². The third-order valence-electron chi connectivity index (χ3n) is 5.12. The van der Waals surface area contributed by atoms with Gasteiger partial charge in [0.2, 0.25) is 5.88 Å². The molecule has 0 radical (unpaired) electrons. The minimum Gasteiger partial charge on any atom is -0.481 e. The largest absolute Gasteiger partial charge is 0.481 e. The Labute approximate surface area is 197 Å². The van der Waals surface area contributed by atoms with Gasteiger partial charge in [0.05, 0.1) is 36.6 Å². The topological polar surface area (TPSA) is 124 Å². The number of fused-ring (bicyclic) bond motifs is 1. The predicted molar refractivity (Wildman–Crippen MR) is 134 cm³/mol. The average molecular weight is 455 g/mol. The number of pyridine rings is 3. The second kappa shape index (κ2) is 10.5. The van der Waals surface area contributed by atoms with Gasteiger partial charge in [-0.15, -0.1) is 5.10 Å². The summed E-state index contributed by atoms with van der Waals surface area (Å²) in [5, 5.41) is 11.4. The highest BCUT2D eigenvalue weighted by molar-refractivity contribution is 6.10. The van der Waals surface area contributed by atoms with Crippen molar-refractivity contribution in [2.75, 3.05) is 12.4 Å². The fourth-order valence-corrected chi connectivity index (χ4v) is 3.23. The highest BCUT2D eigenvalue weighted by Crippen LogP contribution is 2.22. The summed E-state index contributed by atoms with van der Waals surface area (Å²) in [5.74, 6) is 2.20. The summed E-state index contributed by atoms with van der Waals surface area (Å²) in [5.41, 5.74) is 10.8. The van der Waals surface area contributed by atoms with Crippen LogP contribution in [0.15, 0.2) is 66.1 Å². The number of allylic oxidation sites excluding steroid dienone is 1. The van der Waals surface area contributed by atoms with Crippen molar-refractivity contribution >= 4 is 34.5 Å². The molecule has 0 saturated heterocycles. The quantitative estimate of drug-likeness (QED) is 0.378. The SMILES string of the molecule is COc1cccc(CN=CC(=CN)c2cnc3ccc(Nc4cc(C(C)C)cnn4)nc3c2)n1. The number of nitrogens with zero attached hydrogens (tertiary/aromatic N) is 6. The predicted octanol–water partition coefficient (Wildman–Crippen LogP) is 4.26. The van der Waals surface area contributed by atoms with Crippen LogP contribution in [0.4, 0.5) is 11.6 Å². The molecule has 0 aliphatic rings. The van der Waals surface area contributed by atoms with Crippen LogP contribution in [-0.2, 0) is 6.54 Å². The van der Waals surface area contributed by atoms with Gasteiger partial charge in [-0.1, -0.05) is 19.9 Å². The highest BCUT2D eigenvalue weighted by Gasteiger charge is 2.07. The van der Waals surface area contributed by atoms with Gasteiger partial charge < -0.3 is 15.8 Å². The van der Waals surface area contributed by atoms with Crippen molar-refractivity contribution in [3.8, 4) is 5.88 Å². The van der Waals surface area contributed by atoms with E-state index in [1.54, 1.807) is 31.8 Å². The number of nitrogens with one attached hydrogen (secondary N) is 1. The van der Waals surface area contributed by atoms with Gasteiger partial charge in [0, 0.05) is 35.8 Å². The van der Waals surface area contributed by atoms with E-state index < -0.39 is 0 Å². The third-order valence-corrected chi connectivity index (χ3v) is 5.12. The molecule has 9 nitrogen and oxygen atoms in total. The van der Waals surface area contributed by atoms with Crippen LogP contribution in [0.5, 0.6) is 5.88 Å². The van der Waals surface area contributed by atoms with Crippen molar-refractivity contribution in [2.24, 2.45) is 10.7 Å². The molecule has 0 unspecified atom stereocenters. The van der Waals surface area contributed by atoms with Crippen LogP contribution < -0.4 is 15.8 Å². The van der Waals surface area contributed by atoms with Crippen LogP contribution in [0.25, 0.3) is 16.6 Å². The Morgan fingerprint density at radius 2 is 1.97 bits per heavy atom. The molecule has 0 fully saturated rings. The fraction of sp³-hybridized carbons (Fsp3) is 0.200. The smallest absolute Gasteiger partial charge is 0.213 e. The number of hydrogen-bond donors (Lipinski definition) is 2. The molecular weight excluding hydrogens is 428 g/mol. The number of aromatic nitrogens is 5. The van der Waals surface area contributed by atoms with E-state index in [0.717, 1.165) is 33.4 Å². The van der Waals surface area contributed by atoms with Crippen molar-refractivity contribution in [3.05, 3.63) is 77.9 Å². The molecule has 0 bridgehead atoms. The maximum Gasteiger partial charge on any atom is 0.213 e. The average Bonchev–Trinajstić information content (AvgIpc) is 2.86. The molecular formula is C25H26N8O. The number of aliphatic imine (C=N–C) groups is 1. The molecule has 0 aliphatic carbocycles. The summed E-state index contributed by atoms with van der Waals surface area (Å²) in [6.07, 6.45) is 6.73. The lowest BCUT2D eigenvalue weighted by molar-refractivity contribution is 0.396. The van der Waals surface area contributed by atoms with Crippen molar-refractivity contribution in [1.82, 2.24) is 25.1 Å². The molecule has 4 rings (SSSR count). The first-order chi connectivity index (χ1) is 16.6. The van der Waals surface area contributed by atoms with Crippen LogP contribution in [0.2, 0.25) is 0 Å². The molecule has 0 spiro atoms. The molecule has 0 aromatic carbocycles. The van der Waals surface area contributed by atoms with Crippen molar-refractivity contribution in [1.29, 1.82) is 0 Å². The first kappa shape index (κ1) is 22.8. The van der Waals surface area contributed by atoms with Crippen molar-refractivity contribution < 1.29 is 4.74 Å². The van der Waals surface area contributed by atoms with E-state index in [9.17, 15) is 0 Å². The number of methoxy groups -OCH3 is 1. The Balaban J connectivity index is 1.53. The second-order valence-electron chi connectivity index (χ2n) is 7.88. The van der Waals surface area contributed by atoms with E-state index in [4.69, 9.17) is 15.5 Å². The normalized spacial score (nSPS) is 11.9. The second-order valence-corrected chi connectivity index (χ2v) is 7.88. The number of anilines is 2. The molecule has 0 atom stereocenters. The van der Waals surface area contributed by atoms with Gasteiger partial charge in [-0.3, -0.25) is 9.98 Å². The molecule has 0 saturated carbocycles. The van der Waals surface area contributed by atoms with Crippen LogP contribution in [0.1, 0.15) is 36.6 Å². The van der Waals surface area contributed by atoms with E-state index in [1.165, 1.54) is 6.20 Å². The van der Waals surface area contributed by atoms with Crippen LogP contribution in [-0.4, -0.2) is 38.5 Å². The van der Waals surface area contributed by atoms with Gasteiger partial charge >= 0.3 is 0 Å². The summed E-state index contributed by atoms with van der Waals surface area (Å²) in [4.78, 5) is 18.0. The zero-order valence-electron chi connectivity index (χ0n) is 19.3. The molecule has 172 valence electrons. The van der Waals surface area contributed by atoms with Gasteiger partial charge in [0.15, 0.2) is 5.82 Å². The minimum atomic E-state index is 0.357. The van der Waals surface area contributed by atoms with Gasteiger partial charge in [0.25, 0.3) is 0 Å². The zero-order valence-corrected chi connectivity index (χ0v) is 19.3. The van der Waals surface area contributed by atoms with E-state index in [1.807, 2.05) is 36.4 Å². The summed E-state index contributed by atoms with van der Waals surface area (Å²) < 4.78 is 5.15. The Morgan fingerprint density at radius 3 is 2.76 bits per heavy atom. The monoisotopic (exact) mass is 454 g/mol. The van der Waals surface area contributed by atoms with Gasteiger partial charge in [-0.2, -0.15) is 5.10 Å². The number of rotatable bonds is 8. The Morgan fingerprint density at radius 1 is 1.09 bits per heavy atom. The molecule has 4 aromatic heterocycles. The van der Waals surface area contributed by atoms with Gasteiger partial charge in [-0.05, 0) is 41.8 Å². The lowest BCUT2D eigenvalue weighted by atomic mass is 10.1. The maximum absolute atomic E-state index is 5.88. The zero-order chi connectivity index (χ0) is 23.9.